The van der Waals surface area contributed by atoms with E-state index in [0.717, 1.165) is 4.90 Å². The zero-order chi connectivity index (χ0) is 29.3. The molecule has 0 spiro atoms. The second kappa shape index (κ2) is 9.06. The first-order chi connectivity index (χ1) is 19.3. The van der Waals surface area contributed by atoms with Gasteiger partial charge in [0.05, 0.1) is 29.4 Å². The van der Waals surface area contributed by atoms with Gasteiger partial charge in [-0.25, -0.2) is 17.7 Å². The summed E-state index contributed by atoms with van der Waals surface area (Å²) < 4.78 is 82.8. The van der Waals surface area contributed by atoms with Crippen molar-refractivity contribution in [2.24, 2.45) is 5.92 Å². The van der Waals surface area contributed by atoms with E-state index in [4.69, 9.17) is 8.85 Å². The average molecular weight is 544 g/mol. The summed E-state index contributed by atoms with van der Waals surface area (Å²) in [7, 11) is -3.23. The largest absolute Gasteiger partial charge is 0.434 e. The highest BCUT2D eigenvalue weighted by atomic mass is 32.2. The number of halogens is 2. The third-order valence-corrected chi connectivity index (χ3v) is 8.80. The number of fused-ring (bicyclic) bond motifs is 9. The number of carbonyl (C=O) groups is 1. The summed E-state index contributed by atoms with van der Waals surface area (Å²) in [6, 6.07) is 7.96. The molecule has 2 atom stereocenters. The van der Waals surface area contributed by atoms with Crippen LogP contribution in [-0.4, -0.2) is 66.0 Å². The number of nitrogens with zero attached hydrogens (tertiary/aromatic N) is 4. The van der Waals surface area contributed by atoms with Crippen LogP contribution in [0.5, 0.6) is 5.75 Å². The van der Waals surface area contributed by atoms with Crippen LogP contribution in [0.15, 0.2) is 36.4 Å². The van der Waals surface area contributed by atoms with E-state index in [1.807, 2.05) is 6.07 Å². The van der Waals surface area contributed by atoms with Crippen LogP contribution < -0.4 is 4.74 Å². The maximum atomic E-state index is 13.5. The Bertz CT molecular complexity index is 1720. The number of amides is 1. The smallest absolute Gasteiger partial charge is 0.387 e. The molecule has 0 N–H and O–H groups in total. The lowest BCUT2D eigenvalue weighted by Crippen LogP contribution is -2.37. The van der Waals surface area contributed by atoms with Crippen molar-refractivity contribution >= 4 is 27.0 Å². The standard InChI is InChI=1S/C27H26F2N4O4S/c1-31-22-15-21(24-18(26(31)34)4-3-5-23(24)37-27(28)29)33-20-14-17(8-9-19(20)30-25(22)33)7-6-16-10-12-32(13-11-16)38(2,35)36/h3-5,8-9,14,16,21-22,27H,10-13,15H2,1-2H3/t21-,22-/m1/s1/i1D3. The Morgan fingerprint density at radius 1 is 1.18 bits per heavy atom. The molecule has 4 heterocycles. The molecule has 198 valence electrons. The molecule has 3 aliphatic heterocycles. The van der Waals surface area contributed by atoms with E-state index in [-0.39, 0.29) is 29.2 Å². The molecule has 2 aromatic carbocycles. The maximum absolute atomic E-state index is 13.5. The number of alkyl halides is 2. The molecule has 6 rings (SSSR count). The molecule has 3 aliphatic rings. The number of ether oxygens (including phenoxy) is 1. The zero-order valence-corrected chi connectivity index (χ0v) is 21.2. The molecule has 0 unspecified atom stereocenters. The summed E-state index contributed by atoms with van der Waals surface area (Å²) in [5.41, 5.74) is 2.04. The number of hydrogen-bond donors (Lipinski definition) is 0. The minimum absolute atomic E-state index is 0.00402. The topological polar surface area (TPSA) is 84.7 Å². The lowest BCUT2D eigenvalue weighted by molar-refractivity contribution is -0.0507. The maximum Gasteiger partial charge on any atom is 0.387 e. The fraction of sp³-hybridized carbons (Fsp3) is 0.407. The average Bonchev–Trinajstić information content (AvgIpc) is 3.39. The summed E-state index contributed by atoms with van der Waals surface area (Å²) >= 11 is 0. The molecule has 0 aliphatic carbocycles. The number of carbonyl (C=O) groups excluding carboxylic acids is 1. The quantitative estimate of drug-likeness (QED) is 0.470. The number of hydrogen-bond acceptors (Lipinski definition) is 5. The molecule has 3 aromatic rings. The van der Waals surface area contributed by atoms with Gasteiger partial charge in [-0.05, 0) is 43.2 Å². The number of rotatable bonds is 3. The highest BCUT2D eigenvalue weighted by Crippen LogP contribution is 2.49. The monoisotopic (exact) mass is 543 g/mol. The molecule has 0 radical (unpaired) electrons. The second-order valence-corrected chi connectivity index (χ2v) is 11.8. The van der Waals surface area contributed by atoms with Crippen LogP contribution in [-0.2, 0) is 10.0 Å². The van der Waals surface area contributed by atoms with Crippen LogP contribution in [0.25, 0.3) is 11.0 Å². The first kappa shape index (κ1) is 21.4. The van der Waals surface area contributed by atoms with E-state index in [9.17, 15) is 22.0 Å². The van der Waals surface area contributed by atoms with Gasteiger partial charge >= 0.3 is 6.61 Å². The number of imidazole rings is 1. The van der Waals surface area contributed by atoms with Crippen molar-refractivity contribution in [1.82, 2.24) is 18.8 Å². The summed E-state index contributed by atoms with van der Waals surface area (Å²) in [6.07, 6.45) is 2.57. The molecule has 1 aromatic heterocycles. The van der Waals surface area contributed by atoms with Gasteiger partial charge in [0.25, 0.3) is 5.91 Å². The van der Waals surface area contributed by atoms with Crippen molar-refractivity contribution in [2.45, 2.75) is 38.0 Å². The minimum Gasteiger partial charge on any atom is -0.434 e. The van der Waals surface area contributed by atoms with Crippen LogP contribution in [0.2, 0.25) is 0 Å². The number of benzene rings is 2. The van der Waals surface area contributed by atoms with Gasteiger partial charge in [-0.15, -0.1) is 0 Å². The van der Waals surface area contributed by atoms with E-state index >= 15 is 0 Å². The Morgan fingerprint density at radius 3 is 2.68 bits per heavy atom. The first-order valence-electron chi connectivity index (χ1n) is 13.7. The first-order valence-corrected chi connectivity index (χ1v) is 14.1. The summed E-state index contributed by atoms with van der Waals surface area (Å²) in [6.45, 7) is -5.11. The van der Waals surface area contributed by atoms with Gasteiger partial charge in [-0.1, -0.05) is 17.9 Å². The molecule has 8 nitrogen and oxygen atoms in total. The lowest BCUT2D eigenvalue weighted by Gasteiger charge is -2.27. The normalized spacial score (nSPS) is 23.2. The van der Waals surface area contributed by atoms with Gasteiger partial charge in [-0.3, -0.25) is 4.79 Å². The van der Waals surface area contributed by atoms with Crippen molar-refractivity contribution in [3.05, 3.63) is 58.9 Å². The number of sulfonamides is 1. The van der Waals surface area contributed by atoms with Crippen molar-refractivity contribution in [3.8, 4) is 17.6 Å². The van der Waals surface area contributed by atoms with Crippen molar-refractivity contribution in [2.75, 3.05) is 26.3 Å². The Labute approximate surface area is 223 Å². The fourth-order valence-corrected chi connectivity index (χ4v) is 6.58. The summed E-state index contributed by atoms with van der Waals surface area (Å²) in [5.74, 6) is 5.81. The highest BCUT2D eigenvalue weighted by Gasteiger charge is 2.45. The summed E-state index contributed by atoms with van der Waals surface area (Å²) in [4.78, 5) is 19.0. The SMILES string of the molecule is [2H]C([2H])([2H])N1C(=O)c2cccc(OC(F)F)c2[C@H]2C[C@@H]1c1nc3ccc(C#CC4CCN(S(C)(=O)=O)CC4)cc3n12. The Hall–Kier alpha value is -3.49. The van der Waals surface area contributed by atoms with Gasteiger partial charge < -0.3 is 14.2 Å². The van der Waals surface area contributed by atoms with Gasteiger partial charge in [0.1, 0.15) is 11.6 Å². The third-order valence-electron chi connectivity index (χ3n) is 7.49. The van der Waals surface area contributed by atoms with E-state index in [0.29, 0.717) is 48.4 Å². The molecule has 1 fully saturated rings. The fourth-order valence-electron chi connectivity index (χ4n) is 5.70. The van der Waals surface area contributed by atoms with E-state index in [1.54, 1.807) is 16.7 Å². The predicted octanol–water partition coefficient (Wildman–Crippen LogP) is 3.78. The van der Waals surface area contributed by atoms with Crippen LogP contribution in [0.3, 0.4) is 0 Å². The molecule has 38 heavy (non-hydrogen) atoms. The molecule has 1 amide bonds. The van der Waals surface area contributed by atoms with Crippen molar-refractivity contribution in [3.63, 3.8) is 0 Å². The Balaban J connectivity index is 1.43. The predicted molar refractivity (Wildman–Crippen MR) is 136 cm³/mol. The van der Waals surface area contributed by atoms with Gasteiger partial charge in [-0.2, -0.15) is 8.78 Å². The zero-order valence-electron chi connectivity index (χ0n) is 23.4. The van der Waals surface area contributed by atoms with Crippen LogP contribution in [0.1, 0.15) is 62.8 Å². The van der Waals surface area contributed by atoms with Crippen LogP contribution in [0, 0.1) is 17.8 Å². The molecule has 1 saturated heterocycles. The molecule has 11 heteroatoms. The van der Waals surface area contributed by atoms with E-state index < -0.39 is 41.6 Å². The third kappa shape index (κ3) is 4.12. The molecule has 0 saturated carbocycles. The van der Waals surface area contributed by atoms with Gasteiger partial charge in [0, 0.05) is 53.2 Å². The summed E-state index contributed by atoms with van der Waals surface area (Å²) in [5, 5.41) is 0. The van der Waals surface area contributed by atoms with E-state index in [1.165, 1.54) is 28.8 Å². The number of aromatic nitrogens is 2. The second-order valence-electron chi connectivity index (χ2n) is 9.79. The Kier molecular flexibility index (Phi) is 5.11. The highest BCUT2D eigenvalue weighted by molar-refractivity contribution is 7.88. The molecular formula is C27H26F2N4O4S. The van der Waals surface area contributed by atoms with Gasteiger partial charge in [0.2, 0.25) is 10.0 Å². The molecule has 2 bridgehead atoms. The molecular weight excluding hydrogens is 514 g/mol. The van der Waals surface area contributed by atoms with E-state index in [2.05, 4.69) is 16.8 Å². The van der Waals surface area contributed by atoms with Gasteiger partial charge in [0.15, 0.2) is 0 Å². The number of piperidine rings is 1. The van der Waals surface area contributed by atoms with Crippen molar-refractivity contribution < 1.29 is 30.8 Å². The van der Waals surface area contributed by atoms with Crippen molar-refractivity contribution in [1.29, 1.82) is 0 Å². The lowest BCUT2D eigenvalue weighted by atomic mass is 9.97. The van der Waals surface area contributed by atoms with Crippen LogP contribution >= 0.6 is 0 Å². The van der Waals surface area contributed by atoms with Crippen LogP contribution in [0.4, 0.5) is 8.78 Å². The Morgan fingerprint density at radius 2 is 1.97 bits per heavy atom. The minimum atomic E-state index is -3.23.